The Morgan fingerprint density at radius 1 is 1.47 bits per heavy atom. The zero-order valence-corrected chi connectivity index (χ0v) is 11.9. The lowest BCUT2D eigenvalue weighted by Crippen LogP contribution is -2.38. The molecule has 0 bridgehead atoms. The highest BCUT2D eigenvalue weighted by molar-refractivity contribution is 7.98. The molecule has 6 heteroatoms. The molecule has 0 atom stereocenters. The van der Waals surface area contributed by atoms with Gasteiger partial charge in [0.05, 0.1) is 11.6 Å². The van der Waals surface area contributed by atoms with Crippen LogP contribution in [-0.4, -0.2) is 31.6 Å². The van der Waals surface area contributed by atoms with E-state index in [1.165, 1.54) is 18.2 Å². The maximum Gasteiger partial charge on any atom is 0.191 e. The standard InChI is InChI=1S/C13H17FN4S/c1-16-13(17-5-6-19-2)18-9-11-7-10(8-15)3-4-12(11)14/h3-4,7H,5-6,9H2,1-2H3,(H2,16,17,18). The lowest BCUT2D eigenvalue weighted by molar-refractivity contribution is 0.604. The molecule has 0 aliphatic rings. The minimum atomic E-state index is -0.328. The van der Waals surface area contributed by atoms with Crippen LogP contribution in [-0.2, 0) is 6.54 Å². The normalized spacial score (nSPS) is 10.9. The molecule has 0 fully saturated rings. The third-order valence-corrected chi connectivity index (χ3v) is 3.06. The van der Waals surface area contributed by atoms with E-state index < -0.39 is 0 Å². The summed E-state index contributed by atoms with van der Waals surface area (Å²) in [5.41, 5.74) is 0.899. The first-order chi connectivity index (χ1) is 9.21. The van der Waals surface area contributed by atoms with Crippen LogP contribution in [0.3, 0.4) is 0 Å². The molecule has 1 rings (SSSR count). The zero-order valence-electron chi connectivity index (χ0n) is 11.0. The predicted octanol–water partition coefficient (Wildman–Crippen LogP) is 1.73. The Labute approximate surface area is 117 Å². The van der Waals surface area contributed by atoms with Crippen molar-refractivity contribution in [1.82, 2.24) is 10.6 Å². The van der Waals surface area contributed by atoms with Gasteiger partial charge in [0, 0.05) is 31.5 Å². The first-order valence-corrected chi connectivity index (χ1v) is 7.22. The largest absolute Gasteiger partial charge is 0.356 e. The van der Waals surface area contributed by atoms with E-state index in [0.717, 1.165) is 12.3 Å². The molecule has 102 valence electrons. The summed E-state index contributed by atoms with van der Waals surface area (Å²) in [7, 11) is 1.66. The van der Waals surface area contributed by atoms with Crippen LogP contribution in [0.2, 0.25) is 0 Å². The van der Waals surface area contributed by atoms with E-state index in [1.807, 2.05) is 12.3 Å². The summed E-state index contributed by atoms with van der Waals surface area (Å²) in [4.78, 5) is 4.04. The maximum absolute atomic E-state index is 13.6. The minimum absolute atomic E-state index is 0.292. The second-order valence-corrected chi connectivity index (χ2v) is 4.75. The monoisotopic (exact) mass is 280 g/mol. The summed E-state index contributed by atoms with van der Waals surface area (Å²) >= 11 is 1.73. The van der Waals surface area contributed by atoms with E-state index in [4.69, 9.17) is 5.26 Å². The van der Waals surface area contributed by atoms with Gasteiger partial charge in [-0.2, -0.15) is 17.0 Å². The predicted molar refractivity (Wildman–Crippen MR) is 77.7 cm³/mol. The van der Waals surface area contributed by atoms with Gasteiger partial charge < -0.3 is 10.6 Å². The van der Waals surface area contributed by atoms with Crippen LogP contribution in [0.25, 0.3) is 0 Å². The smallest absolute Gasteiger partial charge is 0.191 e. The molecular formula is C13H17FN4S. The Hall–Kier alpha value is -1.74. The fourth-order valence-corrected chi connectivity index (χ4v) is 1.76. The van der Waals surface area contributed by atoms with Crippen LogP contribution in [0.5, 0.6) is 0 Å². The van der Waals surface area contributed by atoms with Gasteiger partial charge in [0.25, 0.3) is 0 Å². The topological polar surface area (TPSA) is 60.2 Å². The number of benzene rings is 1. The fourth-order valence-electron chi connectivity index (χ4n) is 1.45. The molecule has 0 heterocycles. The molecule has 0 aliphatic heterocycles. The first kappa shape index (κ1) is 15.3. The van der Waals surface area contributed by atoms with E-state index in [0.29, 0.717) is 23.6 Å². The molecule has 0 saturated carbocycles. The summed E-state index contributed by atoms with van der Waals surface area (Å²) in [6.07, 6.45) is 2.03. The molecule has 2 N–H and O–H groups in total. The van der Waals surface area contributed by atoms with Gasteiger partial charge in [-0.1, -0.05) is 0 Å². The molecule has 0 aromatic heterocycles. The highest BCUT2D eigenvalue weighted by Gasteiger charge is 2.04. The highest BCUT2D eigenvalue weighted by Crippen LogP contribution is 2.09. The van der Waals surface area contributed by atoms with Gasteiger partial charge in [0.15, 0.2) is 5.96 Å². The number of halogens is 1. The zero-order chi connectivity index (χ0) is 14.1. The molecule has 0 spiro atoms. The van der Waals surface area contributed by atoms with E-state index in [9.17, 15) is 4.39 Å². The average Bonchev–Trinajstić information content (AvgIpc) is 2.44. The van der Waals surface area contributed by atoms with Crippen molar-refractivity contribution in [2.24, 2.45) is 4.99 Å². The Kier molecular flexibility index (Phi) is 6.75. The van der Waals surface area contributed by atoms with Crippen molar-refractivity contribution < 1.29 is 4.39 Å². The van der Waals surface area contributed by atoms with Gasteiger partial charge in [-0.05, 0) is 24.5 Å². The van der Waals surface area contributed by atoms with Gasteiger partial charge in [-0.3, -0.25) is 4.99 Å². The number of hydrogen-bond acceptors (Lipinski definition) is 3. The van der Waals surface area contributed by atoms with E-state index in [2.05, 4.69) is 15.6 Å². The maximum atomic E-state index is 13.6. The molecule has 0 aliphatic carbocycles. The average molecular weight is 280 g/mol. The number of nitrogens with zero attached hydrogens (tertiary/aromatic N) is 2. The van der Waals surface area contributed by atoms with Crippen molar-refractivity contribution in [3.8, 4) is 6.07 Å². The summed E-state index contributed by atoms with van der Waals surface area (Å²) in [6.45, 7) is 1.09. The van der Waals surface area contributed by atoms with Crippen molar-refractivity contribution in [2.75, 3.05) is 25.6 Å². The van der Waals surface area contributed by atoms with Crippen LogP contribution in [0.15, 0.2) is 23.2 Å². The molecule has 4 nitrogen and oxygen atoms in total. The molecule has 0 amide bonds. The minimum Gasteiger partial charge on any atom is -0.356 e. The Balaban J connectivity index is 2.58. The van der Waals surface area contributed by atoms with E-state index in [-0.39, 0.29) is 5.82 Å². The van der Waals surface area contributed by atoms with Crippen LogP contribution < -0.4 is 10.6 Å². The second kappa shape index (κ2) is 8.38. The quantitative estimate of drug-likeness (QED) is 0.490. The van der Waals surface area contributed by atoms with E-state index >= 15 is 0 Å². The lowest BCUT2D eigenvalue weighted by Gasteiger charge is -2.12. The van der Waals surface area contributed by atoms with Gasteiger partial charge in [-0.15, -0.1) is 0 Å². The van der Waals surface area contributed by atoms with Gasteiger partial charge in [-0.25, -0.2) is 4.39 Å². The highest BCUT2D eigenvalue weighted by atomic mass is 32.2. The Bertz CT molecular complexity index is 482. The summed E-state index contributed by atoms with van der Waals surface area (Å²) in [5, 5.41) is 14.9. The summed E-state index contributed by atoms with van der Waals surface area (Å²) in [6, 6.07) is 6.30. The Morgan fingerprint density at radius 2 is 2.26 bits per heavy atom. The number of guanidine groups is 1. The van der Waals surface area contributed by atoms with Gasteiger partial charge >= 0.3 is 0 Å². The van der Waals surface area contributed by atoms with Gasteiger partial charge in [0.1, 0.15) is 5.82 Å². The molecule has 0 unspecified atom stereocenters. The Morgan fingerprint density at radius 3 is 2.89 bits per heavy atom. The number of hydrogen-bond donors (Lipinski definition) is 2. The number of nitriles is 1. The molecule has 0 saturated heterocycles. The van der Waals surface area contributed by atoms with E-state index in [1.54, 1.807) is 18.8 Å². The first-order valence-electron chi connectivity index (χ1n) is 5.83. The van der Waals surface area contributed by atoms with Crippen molar-refractivity contribution in [1.29, 1.82) is 5.26 Å². The van der Waals surface area contributed by atoms with Crippen LogP contribution >= 0.6 is 11.8 Å². The SMILES string of the molecule is CN=C(NCCSC)NCc1cc(C#N)ccc1F. The van der Waals surface area contributed by atoms with Crippen molar-refractivity contribution >= 4 is 17.7 Å². The molecule has 19 heavy (non-hydrogen) atoms. The molecule has 0 radical (unpaired) electrons. The number of thioether (sulfide) groups is 1. The fraction of sp³-hybridized carbons (Fsp3) is 0.385. The van der Waals surface area contributed by atoms with Crippen molar-refractivity contribution in [2.45, 2.75) is 6.54 Å². The molecular weight excluding hydrogens is 263 g/mol. The summed E-state index contributed by atoms with van der Waals surface area (Å²) < 4.78 is 13.6. The lowest BCUT2D eigenvalue weighted by atomic mass is 10.1. The second-order valence-electron chi connectivity index (χ2n) is 3.76. The third-order valence-electron chi connectivity index (χ3n) is 2.44. The van der Waals surface area contributed by atoms with Crippen LogP contribution in [0.4, 0.5) is 4.39 Å². The van der Waals surface area contributed by atoms with Crippen LogP contribution in [0.1, 0.15) is 11.1 Å². The number of rotatable bonds is 5. The molecule has 1 aromatic carbocycles. The number of aliphatic imine (C=N–C) groups is 1. The number of nitrogens with one attached hydrogen (secondary N) is 2. The third kappa shape index (κ3) is 5.18. The van der Waals surface area contributed by atoms with Crippen molar-refractivity contribution in [3.05, 3.63) is 35.1 Å². The summed E-state index contributed by atoms with van der Waals surface area (Å²) in [5.74, 6) is 1.26. The molecule has 1 aromatic rings. The van der Waals surface area contributed by atoms with Crippen LogP contribution in [0, 0.1) is 17.1 Å². The van der Waals surface area contributed by atoms with Gasteiger partial charge in [0.2, 0.25) is 0 Å². The van der Waals surface area contributed by atoms with Crippen molar-refractivity contribution in [3.63, 3.8) is 0 Å².